The van der Waals surface area contributed by atoms with Gasteiger partial charge >= 0.3 is 0 Å². The number of ether oxygens (including phenoxy) is 1. The van der Waals surface area contributed by atoms with Crippen LogP contribution >= 0.6 is 0 Å². The zero-order chi connectivity index (χ0) is 6.15. The van der Waals surface area contributed by atoms with E-state index >= 15 is 0 Å². The van der Waals surface area contributed by atoms with E-state index < -0.39 is 0 Å². The van der Waals surface area contributed by atoms with E-state index in [0.717, 1.165) is 6.42 Å². The molecule has 0 bridgehead atoms. The van der Waals surface area contributed by atoms with Crippen LogP contribution in [0.1, 0.15) is 27.2 Å². The van der Waals surface area contributed by atoms with Gasteiger partial charge in [-0.05, 0) is 25.8 Å². The lowest BCUT2D eigenvalue weighted by Crippen LogP contribution is -1.75. The van der Waals surface area contributed by atoms with E-state index in [4.69, 9.17) is 4.74 Å². The van der Waals surface area contributed by atoms with Gasteiger partial charge in [0, 0.05) is 0 Å². The van der Waals surface area contributed by atoms with Crippen molar-refractivity contribution in [2.45, 2.75) is 33.3 Å². The van der Waals surface area contributed by atoms with Gasteiger partial charge in [0.25, 0.3) is 0 Å². The van der Waals surface area contributed by atoms with Crippen LogP contribution in [0.4, 0.5) is 0 Å². The van der Waals surface area contributed by atoms with Gasteiger partial charge in [-0.25, -0.2) is 0 Å². The Kier molecular flexibility index (Phi) is 1.28. The van der Waals surface area contributed by atoms with Crippen molar-refractivity contribution in [2.75, 3.05) is 0 Å². The van der Waals surface area contributed by atoms with Crippen molar-refractivity contribution in [1.29, 1.82) is 0 Å². The summed E-state index contributed by atoms with van der Waals surface area (Å²) in [5.74, 6) is 1.22. The molecule has 1 atom stereocenters. The molecular weight excluding hydrogens is 100 g/mol. The number of allylic oxidation sites excluding steroid dienone is 1. The summed E-state index contributed by atoms with van der Waals surface area (Å²) in [6.45, 7) is 6.32. The van der Waals surface area contributed by atoms with Crippen LogP contribution in [-0.4, -0.2) is 6.10 Å². The molecule has 0 aliphatic carbocycles. The Labute approximate surface area is 50.3 Å². The monoisotopic (exact) mass is 112 g/mol. The van der Waals surface area contributed by atoms with Gasteiger partial charge < -0.3 is 4.74 Å². The lowest BCUT2D eigenvalue weighted by molar-refractivity contribution is 0.420. The van der Waals surface area contributed by atoms with Crippen LogP contribution in [0.5, 0.6) is 0 Å². The minimum Gasteiger partial charge on any atom is -0.483 e. The maximum absolute atomic E-state index is 5.21. The van der Waals surface area contributed by atoms with Crippen molar-refractivity contribution in [1.82, 2.24) is 0 Å². The summed E-state index contributed by atoms with van der Waals surface area (Å²) >= 11 is 0. The van der Waals surface area contributed by atoms with E-state index in [2.05, 4.69) is 20.8 Å². The second-order valence-electron chi connectivity index (χ2n) is 2.38. The minimum absolute atomic E-state index is 0.472. The van der Waals surface area contributed by atoms with Gasteiger partial charge in [0.1, 0.15) is 5.76 Å². The highest BCUT2D eigenvalue weighted by molar-refractivity contribution is 5.18. The third-order valence-electron chi connectivity index (χ3n) is 1.37. The van der Waals surface area contributed by atoms with Crippen LogP contribution in [0.2, 0.25) is 0 Å². The standard InChI is InChI=1S/C7H12O/c1-4-6-7(8-6)5(2)3/h6H,4H2,1-3H3. The topological polar surface area (TPSA) is 12.5 Å². The van der Waals surface area contributed by atoms with E-state index in [1.165, 1.54) is 11.3 Å². The van der Waals surface area contributed by atoms with Gasteiger partial charge in [0.05, 0.1) is 0 Å². The molecule has 1 heteroatoms. The molecule has 0 spiro atoms. The first kappa shape index (κ1) is 5.67. The highest BCUT2D eigenvalue weighted by Crippen LogP contribution is 2.32. The molecule has 1 nitrogen and oxygen atoms in total. The van der Waals surface area contributed by atoms with Gasteiger partial charge in [0.2, 0.25) is 0 Å². The van der Waals surface area contributed by atoms with Crippen molar-refractivity contribution in [3.05, 3.63) is 11.3 Å². The molecule has 1 unspecified atom stereocenters. The summed E-state index contributed by atoms with van der Waals surface area (Å²) in [5, 5.41) is 0. The van der Waals surface area contributed by atoms with Crippen molar-refractivity contribution >= 4 is 0 Å². The van der Waals surface area contributed by atoms with Crippen LogP contribution in [0.3, 0.4) is 0 Å². The third kappa shape index (κ3) is 0.857. The predicted octanol–water partition coefficient (Wildman–Crippen LogP) is 2.09. The predicted molar refractivity (Wildman–Crippen MR) is 33.5 cm³/mol. The first-order chi connectivity index (χ1) is 3.75. The molecule has 1 rings (SSSR count). The highest BCUT2D eigenvalue weighted by atomic mass is 16.6. The Bertz CT molecular complexity index is 120. The second kappa shape index (κ2) is 1.81. The van der Waals surface area contributed by atoms with Gasteiger partial charge in [-0.15, -0.1) is 0 Å². The molecule has 1 fully saturated rings. The molecule has 1 heterocycles. The van der Waals surface area contributed by atoms with E-state index in [0.29, 0.717) is 6.10 Å². The average molecular weight is 112 g/mol. The van der Waals surface area contributed by atoms with Crippen LogP contribution in [0.15, 0.2) is 11.3 Å². The van der Waals surface area contributed by atoms with Gasteiger partial charge in [-0.2, -0.15) is 0 Å². The highest BCUT2D eigenvalue weighted by Gasteiger charge is 2.30. The molecule has 0 amide bonds. The number of rotatable bonds is 1. The molecule has 1 aliphatic heterocycles. The van der Waals surface area contributed by atoms with Crippen LogP contribution in [-0.2, 0) is 4.74 Å². The molecule has 46 valence electrons. The molecule has 0 aromatic carbocycles. The average Bonchev–Trinajstić information content (AvgIpc) is 2.42. The maximum atomic E-state index is 5.21. The summed E-state index contributed by atoms with van der Waals surface area (Å²) in [4.78, 5) is 0. The molecule has 1 aliphatic rings. The van der Waals surface area contributed by atoms with Crippen molar-refractivity contribution in [2.24, 2.45) is 0 Å². The zero-order valence-corrected chi connectivity index (χ0v) is 5.69. The zero-order valence-electron chi connectivity index (χ0n) is 5.69. The number of hydrogen-bond acceptors (Lipinski definition) is 1. The first-order valence-corrected chi connectivity index (χ1v) is 3.09. The molecule has 8 heavy (non-hydrogen) atoms. The first-order valence-electron chi connectivity index (χ1n) is 3.09. The van der Waals surface area contributed by atoms with Crippen molar-refractivity contribution in [3.63, 3.8) is 0 Å². The largest absolute Gasteiger partial charge is 0.483 e. The molecule has 0 N–H and O–H groups in total. The Morgan fingerprint density at radius 3 is 2.38 bits per heavy atom. The van der Waals surface area contributed by atoms with Gasteiger partial charge in [0.15, 0.2) is 6.10 Å². The molecule has 0 radical (unpaired) electrons. The SMILES string of the molecule is CCC1OC1=C(C)C. The minimum atomic E-state index is 0.472. The quantitative estimate of drug-likeness (QED) is 0.473. The Balaban J connectivity index is 2.47. The van der Waals surface area contributed by atoms with E-state index in [1.807, 2.05) is 0 Å². The van der Waals surface area contributed by atoms with Crippen molar-refractivity contribution in [3.8, 4) is 0 Å². The fraction of sp³-hybridized carbons (Fsp3) is 0.714. The maximum Gasteiger partial charge on any atom is 0.155 e. The second-order valence-corrected chi connectivity index (χ2v) is 2.38. The summed E-state index contributed by atoms with van der Waals surface area (Å²) in [6, 6.07) is 0. The lowest BCUT2D eigenvalue weighted by atomic mass is 10.2. The molecule has 0 aromatic heterocycles. The van der Waals surface area contributed by atoms with Crippen LogP contribution < -0.4 is 0 Å². The number of hydrogen-bond donors (Lipinski definition) is 0. The Morgan fingerprint density at radius 2 is 2.25 bits per heavy atom. The summed E-state index contributed by atoms with van der Waals surface area (Å²) in [5.41, 5.74) is 1.33. The fourth-order valence-corrected chi connectivity index (χ4v) is 0.828. The van der Waals surface area contributed by atoms with Crippen LogP contribution in [0, 0.1) is 0 Å². The number of epoxide rings is 1. The molecule has 0 saturated carbocycles. The smallest absolute Gasteiger partial charge is 0.155 e. The van der Waals surface area contributed by atoms with Gasteiger partial charge in [-0.3, -0.25) is 0 Å². The third-order valence-corrected chi connectivity index (χ3v) is 1.37. The molecule has 0 aromatic rings. The van der Waals surface area contributed by atoms with Crippen molar-refractivity contribution < 1.29 is 4.74 Å². The van der Waals surface area contributed by atoms with Crippen LogP contribution in [0.25, 0.3) is 0 Å². The van der Waals surface area contributed by atoms with E-state index in [9.17, 15) is 0 Å². The van der Waals surface area contributed by atoms with E-state index in [1.54, 1.807) is 0 Å². The molecular formula is C7H12O. The molecule has 1 saturated heterocycles. The normalized spacial score (nSPS) is 24.9. The summed E-state index contributed by atoms with van der Waals surface area (Å²) in [7, 11) is 0. The van der Waals surface area contributed by atoms with Gasteiger partial charge in [-0.1, -0.05) is 6.92 Å². The summed E-state index contributed by atoms with van der Waals surface area (Å²) < 4.78 is 5.21. The fourth-order valence-electron chi connectivity index (χ4n) is 0.828. The lowest BCUT2D eigenvalue weighted by Gasteiger charge is -1.75. The van der Waals surface area contributed by atoms with E-state index in [-0.39, 0.29) is 0 Å². The Hall–Kier alpha value is -0.460. The summed E-state index contributed by atoms with van der Waals surface area (Å²) in [6.07, 6.45) is 1.60. The Morgan fingerprint density at radius 1 is 1.62 bits per heavy atom.